The number of aryl methyl sites for hydroxylation is 1. The molecule has 0 aliphatic carbocycles. The van der Waals surface area contributed by atoms with Gasteiger partial charge in [0.15, 0.2) is 0 Å². The average Bonchev–Trinajstić information content (AvgIpc) is 2.84. The second-order valence-electron chi connectivity index (χ2n) is 4.96. The van der Waals surface area contributed by atoms with Crippen molar-refractivity contribution in [1.29, 1.82) is 0 Å². The fourth-order valence-corrected chi connectivity index (χ4v) is 2.08. The molecule has 20 heavy (non-hydrogen) atoms. The van der Waals surface area contributed by atoms with E-state index in [2.05, 4.69) is 5.10 Å². The van der Waals surface area contributed by atoms with Gasteiger partial charge in [0, 0.05) is 31.5 Å². The van der Waals surface area contributed by atoms with E-state index in [9.17, 15) is 0 Å². The molecule has 1 aromatic heterocycles. The van der Waals surface area contributed by atoms with Crippen LogP contribution in [0.2, 0.25) is 0 Å². The number of aliphatic hydroxyl groups is 1. The van der Waals surface area contributed by atoms with Crippen LogP contribution in [0, 0.1) is 0 Å². The maximum absolute atomic E-state index is 8.90. The number of nitrogens with two attached hydrogens (primary N) is 1. The monoisotopic (exact) mass is 275 g/mol. The Morgan fingerprint density at radius 1 is 1.35 bits per heavy atom. The Hall–Kier alpha value is -1.85. The van der Waals surface area contributed by atoms with E-state index in [-0.39, 0.29) is 18.8 Å². The van der Waals surface area contributed by atoms with E-state index in [0.717, 1.165) is 16.9 Å². The first-order valence-electron chi connectivity index (χ1n) is 6.70. The molecule has 2 aromatic rings. The number of aromatic nitrogens is 2. The van der Waals surface area contributed by atoms with Gasteiger partial charge in [-0.3, -0.25) is 4.68 Å². The zero-order valence-electron chi connectivity index (χ0n) is 11.9. The third-order valence-corrected chi connectivity index (χ3v) is 3.12. The van der Waals surface area contributed by atoms with Gasteiger partial charge in [0.05, 0.1) is 6.20 Å². The second-order valence-corrected chi connectivity index (χ2v) is 4.96. The van der Waals surface area contributed by atoms with Crippen LogP contribution < -0.4 is 10.5 Å². The first-order valence-corrected chi connectivity index (χ1v) is 6.70. The lowest BCUT2D eigenvalue weighted by molar-refractivity contribution is 0.180. The van der Waals surface area contributed by atoms with Crippen molar-refractivity contribution in [3.63, 3.8) is 0 Å². The molecular formula is C15H21N3O2. The molecule has 0 amide bonds. The summed E-state index contributed by atoms with van der Waals surface area (Å²) in [5.74, 6) is 0.762. The Bertz CT molecular complexity index is 534. The largest absolute Gasteiger partial charge is 0.484 e. The molecule has 0 bridgehead atoms. The van der Waals surface area contributed by atoms with Crippen LogP contribution >= 0.6 is 0 Å². The van der Waals surface area contributed by atoms with Crippen molar-refractivity contribution in [2.24, 2.45) is 12.8 Å². The molecule has 1 heterocycles. The lowest BCUT2D eigenvalue weighted by Gasteiger charge is -2.21. The number of hydrogen-bond acceptors (Lipinski definition) is 4. The molecule has 0 fully saturated rings. The predicted molar refractivity (Wildman–Crippen MR) is 77.5 cm³/mol. The molecule has 2 atom stereocenters. The summed E-state index contributed by atoms with van der Waals surface area (Å²) in [6, 6.07) is 7.56. The molecule has 0 saturated carbocycles. The van der Waals surface area contributed by atoms with Crippen molar-refractivity contribution >= 4 is 0 Å². The first-order chi connectivity index (χ1) is 9.60. The summed E-state index contributed by atoms with van der Waals surface area (Å²) in [5.41, 5.74) is 8.05. The van der Waals surface area contributed by atoms with Gasteiger partial charge < -0.3 is 15.6 Å². The SMILES string of the molecule is CC(N)C(Oc1ccc(CCO)cc1)c1cnn(C)c1. The Labute approximate surface area is 119 Å². The smallest absolute Gasteiger partial charge is 0.141 e. The lowest BCUT2D eigenvalue weighted by Crippen LogP contribution is -2.28. The highest BCUT2D eigenvalue weighted by atomic mass is 16.5. The van der Waals surface area contributed by atoms with Gasteiger partial charge in [-0.05, 0) is 31.0 Å². The lowest BCUT2D eigenvalue weighted by atomic mass is 10.1. The maximum atomic E-state index is 8.90. The van der Waals surface area contributed by atoms with Crippen molar-refractivity contribution in [2.45, 2.75) is 25.5 Å². The van der Waals surface area contributed by atoms with E-state index >= 15 is 0 Å². The number of nitrogens with zero attached hydrogens (tertiary/aromatic N) is 2. The fraction of sp³-hybridized carbons (Fsp3) is 0.400. The van der Waals surface area contributed by atoms with Crippen molar-refractivity contribution in [3.05, 3.63) is 47.8 Å². The van der Waals surface area contributed by atoms with Gasteiger partial charge in [0.1, 0.15) is 11.9 Å². The van der Waals surface area contributed by atoms with Crippen LogP contribution in [-0.2, 0) is 13.5 Å². The van der Waals surface area contributed by atoms with Gasteiger partial charge in [-0.25, -0.2) is 0 Å². The van der Waals surface area contributed by atoms with E-state index in [1.54, 1.807) is 10.9 Å². The Kier molecular flexibility index (Phi) is 4.76. The molecule has 0 aliphatic rings. The van der Waals surface area contributed by atoms with Crippen LogP contribution in [0.3, 0.4) is 0 Å². The highest BCUT2D eigenvalue weighted by Gasteiger charge is 2.19. The van der Waals surface area contributed by atoms with E-state index in [1.165, 1.54) is 0 Å². The summed E-state index contributed by atoms with van der Waals surface area (Å²) in [5, 5.41) is 13.1. The van der Waals surface area contributed by atoms with Crippen LogP contribution in [0.25, 0.3) is 0 Å². The first kappa shape index (κ1) is 14.6. The number of ether oxygens (including phenoxy) is 1. The fourth-order valence-electron chi connectivity index (χ4n) is 2.08. The van der Waals surface area contributed by atoms with Gasteiger partial charge in [-0.15, -0.1) is 0 Å². The molecule has 5 nitrogen and oxygen atoms in total. The minimum Gasteiger partial charge on any atom is -0.484 e. The Morgan fingerprint density at radius 2 is 2.05 bits per heavy atom. The van der Waals surface area contributed by atoms with Crippen LogP contribution in [0.15, 0.2) is 36.7 Å². The normalized spacial score (nSPS) is 14.0. The number of benzene rings is 1. The van der Waals surface area contributed by atoms with Crippen LogP contribution in [0.5, 0.6) is 5.75 Å². The minimum absolute atomic E-state index is 0.142. The predicted octanol–water partition coefficient (Wildman–Crippen LogP) is 1.42. The Balaban J connectivity index is 2.12. The number of aliphatic hydroxyl groups excluding tert-OH is 1. The molecule has 108 valence electrons. The average molecular weight is 275 g/mol. The quantitative estimate of drug-likeness (QED) is 0.836. The molecule has 5 heteroatoms. The summed E-state index contributed by atoms with van der Waals surface area (Å²) in [6.45, 7) is 2.07. The number of hydrogen-bond donors (Lipinski definition) is 2. The molecule has 0 radical (unpaired) electrons. The molecule has 2 rings (SSSR count). The van der Waals surface area contributed by atoms with Gasteiger partial charge in [0.2, 0.25) is 0 Å². The third-order valence-electron chi connectivity index (χ3n) is 3.12. The van der Waals surface area contributed by atoms with Gasteiger partial charge in [0.25, 0.3) is 0 Å². The van der Waals surface area contributed by atoms with Crippen molar-refractivity contribution in [1.82, 2.24) is 9.78 Å². The summed E-state index contributed by atoms with van der Waals surface area (Å²) in [7, 11) is 1.87. The van der Waals surface area contributed by atoms with E-state index in [0.29, 0.717) is 6.42 Å². The minimum atomic E-state index is -0.229. The topological polar surface area (TPSA) is 73.3 Å². The zero-order chi connectivity index (χ0) is 14.5. The van der Waals surface area contributed by atoms with Crippen LogP contribution in [0.4, 0.5) is 0 Å². The summed E-state index contributed by atoms with van der Waals surface area (Å²) < 4.78 is 7.70. The molecule has 0 aliphatic heterocycles. The van der Waals surface area contributed by atoms with E-state index < -0.39 is 0 Å². The highest BCUT2D eigenvalue weighted by Crippen LogP contribution is 2.24. The molecule has 1 aromatic carbocycles. The Morgan fingerprint density at radius 3 is 2.55 bits per heavy atom. The van der Waals surface area contributed by atoms with Gasteiger partial charge in [-0.2, -0.15) is 5.10 Å². The van der Waals surface area contributed by atoms with E-state index in [1.807, 2.05) is 44.4 Å². The zero-order valence-corrected chi connectivity index (χ0v) is 11.9. The van der Waals surface area contributed by atoms with Crippen LogP contribution in [0.1, 0.15) is 24.2 Å². The maximum Gasteiger partial charge on any atom is 0.141 e. The van der Waals surface area contributed by atoms with Gasteiger partial charge >= 0.3 is 0 Å². The second kappa shape index (κ2) is 6.54. The molecule has 0 spiro atoms. The van der Waals surface area contributed by atoms with Crippen molar-refractivity contribution in [2.75, 3.05) is 6.61 Å². The summed E-state index contributed by atoms with van der Waals surface area (Å²) in [4.78, 5) is 0. The van der Waals surface area contributed by atoms with Gasteiger partial charge in [-0.1, -0.05) is 12.1 Å². The number of rotatable bonds is 6. The van der Waals surface area contributed by atoms with E-state index in [4.69, 9.17) is 15.6 Å². The molecule has 0 saturated heterocycles. The third kappa shape index (κ3) is 3.59. The highest BCUT2D eigenvalue weighted by molar-refractivity contribution is 5.28. The standard InChI is InChI=1S/C15H21N3O2/c1-11(16)15(13-9-17-18(2)10-13)20-14-5-3-12(4-6-14)7-8-19/h3-6,9-11,15,19H,7-8,16H2,1-2H3. The van der Waals surface area contributed by atoms with Crippen molar-refractivity contribution < 1.29 is 9.84 Å². The van der Waals surface area contributed by atoms with Crippen LogP contribution in [-0.4, -0.2) is 27.5 Å². The summed E-state index contributed by atoms with van der Waals surface area (Å²) in [6.07, 6.45) is 4.11. The molecule has 3 N–H and O–H groups in total. The summed E-state index contributed by atoms with van der Waals surface area (Å²) >= 11 is 0. The molecular weight excluding hydrogens is 254 g/mol. The molecule has 2 unspecified atom stereocenters. The van der Waals surface area contributed by atoms with Crippen molar-refractivity contribution in [3.8, 4) is 5.75 Å².